The number of carbonyl (C=O) groups excluding carboxylic acids is 1. The molecule has 2 N–H and O–H groups in total. The van der Waals surface area contributed by atoms with Gasteiger partial charge in [0, 0.05) is 5.69 Å². The number of nitrogens with one attached hydrogen (secondary N) is 2. The highest BCUT2D eigenvalue weighted by Crippen LogP contribution is 2.09. The number of benzene rings is 1. The van der Waals surface area contributed by atoms with E-state index in [2.05, 4.69) is 38.2 Å². The molecule has 0 aliphatic rings. The fourth-order valence-corrected chi connectivity index (χ4v) is 2.41. The molecule has 1 aromatic rings. The predicted octanol–water partition coefficient (Wildman–Crippen LogP) is 2.67. The fourth-order valence-electron chi connectivity index (χ4n) is 2.41. The summed E-state index contributed by atoms with van der Waals surface area (Å²) in [5.74, 6) is 0.126. The smallest absolute Gasteiger partial charge is 0.279 e. The number of rotatable bonds is 10. The van der Waals surface area contributed by atoms with Crippen LogP contribution in [0.25, 0.3) is 0 Å². The number of quaternary nitrogens is 1. The van der Waals surface area contributed by atoms with Crippen LogP contribution in [0.4, 0.5) is 5.69 Å². The predicted molar refractivity (Wildman–Crippen MR) is 89.8 cm³/mol. The highest BCUT2D eigenvalue weighted by atomic mass is 16.2. The number of hydrogen-bond donors (Lipinski definition) is 2. The van der Waals surface area contributed by atoms with Crippen molar-refractivity contribution in [2.45, 2.75) is 52.9 Å². The van der Waals surface area contributed by atoms with Gasteiger partial charge in [0.2, 0.25) is 0 Å². The highest BCUT2D eigenvalue weighted by molar-refractivity contribution is 5.91. The van der Waals surface area contributed by atoms with Gasteiger partial charge < -0.3 is 10.2 Å². The van der Waals surface area contributed by atoms with Gasteiger partial charge in [0.15, 0.2) is 6.54 Å². The van der Waals surface area contributed by atoms with Gasteiger partial charge >= 0.3 is 0 Å². The quantitative estimate of drug-likeness (QED) is 0.683. The molecule has 0 atom stereocenters. The number of aryl methyl sites for hydroxylation is 1. The minimum Gasteiger partial charge on any atom is -0.327 e. The van der Waals surface area contributed by atoms with Gasteiger partial charge in [-0.3, -0.25) is 4.79 Å². The van der Waals surface area contributed by atoms with Crippen LogP contribution in [0.2, 0.25) is 0 Å². The van der Waals surface area contributed by atoms with Gasteiger partial charge in [-0.15, -0.1) is 0 Å². The Morgan fingerprint density at radius 2 is 1.57 bits per heavy atom. The molecule has 21 heavy (non-hydrogen) atoms. The summed E-state index contributed by atoms with van der Waals surface area (Å²) in [6, 6.07) is 8.14. The molecule has 118 valence electrons. The van der Waals surface area contributed by atoms with E-state index >= 15 is 0 Å². The van der Waals surface area contributed by atoms with Gasteiger partial charge in [0.1, 0.15) is 0 Å². The van der Waals surface area contributed by atoms with Gasteiger partial charge in [0.25, 0.3) is 5.91 Å². The maximum absolute atomic E-state index is 12.2. The normalized spacial score (nSPS) is 10.9. The van der Waals surface area contributed by atoms with Gasteiger partial charge in [-0.05, 0) is 37.0 Å². The maximum atomic E-state index is 12.2. The molecule has 0 heterocycles. The lowest BCUT2D eigenvalue weighted by Crippen LogP contribution is -3.13. The molecule has 0 aliphatic heterocycles. The second-order valence-electron chi connectivity index (χ2n) is 5.73. The molecular formula is C18H31N2O+. The summed E-state index contributed by atoms with van der Waals surface area (Å²) in [4.78, 5) is 13.6. The Balaban J connectivity index is 2.47. The Hall–Kier alpha value is -1.35. The first-order valence-electron chi connectivity index (χ1n) is 8.41. The summed E-state index contributed by atoms with van der Waals surface area (Å²) in [7, 11) is 0. The molecule has 1 amide bonds. The summed E-state index contributed by atoms with van der Waals surface area (Å²) in [5.41, 5.74) is 2.20. The summed E-state index contributed by atoms with van der Waals surface area (Å²) >= 11 is 0. The molecule has 0 bridgehead atoms. The average Bonchev–Trinajstić information content (AvgIpc) is 2.50. The average molecular weight is 291 g/mol. The van der Waals surface area contributed by atoms with Crippen LogP contribution < -0.4 is 10.2 Å². The van der Waals surface area contributed by atoms with Crippen molar-refractivity contribution in [3.05, 3.63) is 29.8 Å². The van der Waals surface area contributed by atoms with Gasteiger partial charge in [0.05, 0.1) is 13.1 Å². The molecule has 0 aliphatic carbocycles. The molecule has 0 radical (unpaired) electrons. The Morgan fingerprint density at radius 3 is 2.05 bits per heavy atom. The van der Waals surface area contributed by atoms with Gasteiger partial charge in [-0.25, -0.2) is 0 Å². The Labute approximate surface area is 129 Å². The standard InChI is InChI=1S/C18H30N2O/c1-4-7-13-20(14-8-5-2)15-18(21)19-17-11-9-16(6-3)10-12-17/h9-12H,4-8,13-15H2,1-3H3,(H,19,21)/p+1. The fraction of sp³-hybridized carbons (Fsp3) is 0.611. The Kier molecular flexibility index (Phi) is 8.76. The molecule has 0 saturated heterocycles. The number of carbonyl (C=O) groups is 1. The highest BCUT2D eigenvalue weighted by Gasteiger charge is 2.13. The minimum atomic E-state index is 0.126. The number of unbranched alkanes of at least 4 members (excludes halogenated alkanes) is 2. The van der Waals surface area contributed by atoms with Crippen LogP contribution in [0.5, 0.6) is 0 Å². The number of anilines is 1. The monoisotopic (exact) mass is 291 g/mol. The van der Waals surface area contributed by atoms with Crippen LogP contribution in [-0.2, 0) is 11.2 Å². The number of amides is 1. The summed E-state index contributed by atoms with van der Waals surface area (Å²) in [6.07, 6.45) is 5.79. The van der Waals surface area contributed by atoms with Gasteiger partial charge in [-0.2, -0.15) is 0 Å². The van der Waals surface area contributed by atoms with E-state index in [9.17, 15) is 4.79 Å². The topological polar surface area (TPSA) is 33.5 Å². The Morgan fingerprint density at radius 1 is 1.00 bits per heavy atom. The third-order valence-electron chi connectivity index (χ3n) is 3.82. The zero-order chi connectivity index (χ0) is 15.5. The van der Waals surface area contributed by atoms with Crippen molar-refractivity contribution in [3.8, 4) is 0 Å². The zero-order valence-electron chi connectivity index (χ0n) is 13.9. The second-order valence-corrected chi connectivity index (χ2v) is 5.73. The molecule has 1 rings (SSSR count). The van der Waals surface area contributed by atoms with E-state index in [0.29, 0.717) is 6.54 Å². The molecule has 0 unspecified atom stereocenters. The maximum Gasteiger partial charge on any atom is 0.279 e. The lowest BCUT2D eigenvalue weighted by atomic mass is 10.1. The van der Waals surface area contributed by atoms with Crippen molar-refractivity contribution in [3.63, 3.8) is 0 Å². The zero-order valence-corrected chi connectivity index (χ0v) is 13.9. The lowest BCUT2D eigenvalue weighted by molar-refractivity contribution is -0.892. The Bertz CT molecular complexity index is 392. The summed E-state index contributed by atoms with van der Waals surface area (Å²) in [5, 5.41) is 3.02. The third kappa shape index (κ3) is 7.28. The van der Waals surface area contributed by atoms with E-state index in [4.69, 9.17) is 0 Å². The molecule has 0 spiro atoms. The van der Waals surface area contributed by atoms with E-state index in [1.165, 1.54) is 36.1 Å². The van der Waals surface area contributed by atoms with Gasteiger partial charge in [-0.1, -0.05) is 45.7 Å². The third-order valence-corrected chi connectivity index (χ3v) is 3.82. The lowest BCUT2D eigenvalue weighted by Gasteiger charge is -2.18. The molecular weight excluding hydrogens is 260 g/mol. The first kappa shape index (κ1) is 17.7. The number of hydrogen-bond acceptors (Lipinski definition) is 1. The van der Waals surface area contributed by atoms with Crippen LogP contribution in [0.1, 0.15) is 52.0 Å². The van der Waals surface area contributed by atoms with Crippen molar-refractivity contribution < 1.29 is 9.69 Å². The van der Waals surface area contributed by atoms with Crippen LogP contribution in [0, 0.1) is 0 Å². The second kappa shape index (κ2) is 10.4. The van der Waals surface area contributed by atoms with Crippen molar-refractivity contribution in [1.29, 1.82) is 0 Å². The van der Waals surface area contributed by atoms with Crippen molar-refractivity contribution in [2.24, 2.45) is 0 Å². The van der Waals surface area contributed by atoms with E-state index in [-0.39, 0.29) is 5.91 Å². The van der Waals surface area contributed by atoms with Crippen molar-refractivity contribution in [2.75, 3.05) is 25.0 Å². The molecule has 1 aromatic carbocycles. The summed E-state index contributed by atoms with van der Waals surface area (Å²) in [6.45, 7) is 9.31. The molecule has 3 heteroatoms. The van der Waals surface area contributed by atoms with E-state index < -0.39 is 0 Å². The van der Waals surface area contributed by atoms with E-state index in [1.807, 2.05) is 12.1 Å². The molecule has 0 saturated carbocycles. The van der Waals surface area contributed by atoms with Crippen LogP contribution >= 0.6 is 0 Å². The largest absolute Gasteiger partial charge is 0.327 e. The van der Waals surface area contributed by atoms with Crippen LogP contribution in [-0.4, -0.2) is 25.5 Å². The van der Waals surface area contributed by atoms with Crippen LogP contribution in [0.15, 0.2) is 24.3 Å². The first-order chi connectivity index (χ1) is 10.2. The molecule has 3 nitrogen and oxygen atoms in total. The molecule has 0 aromatic heterocycles. The SMILES string of the molecule is CCCC[NH+](CCCC)CC(=O)Nc1ccc(CC)cc1. The van der Waals surface area contributed by atoms with Crippen LogP contribution in [0.3, 0.4) is 0 Å². The summed E-state index contributed by atoms with van der Waals surface area (Å²) < 4.78 is 0. The van der Waals surface area contributed by atoms with E-state index in [1.54, 1.807) is 0 Å². The van der Waals surface area contributed by atoms with E-state index in [0.717, 1.165) is 25.2 Å². The minimum absolute atomic E-state index is 0.126. The van der Waals surface area contributed by atoms with Crippen molar-refractivity contribution >= 4 is 11.6 Å². The molecule has 0 fully saturated rings. The van der Waals surface area contributed by atoms with Crippen molar-refractivity contribution in [1.82, 2.24) is 0 Å². The first-order valence-corrected chi connectivity index (χ1v) is 8.41.